The Morgan fingerprint density at radius 3 is 2.50 bits per heavy atom. The number of alkyl halides is 3. The Bertz CT molecular complexity index is 615. The molecular weight excluding hydrogens is 346 g/mol. The molecule has 2 unspecified atom stereocenters. The van der Waals surface area contributed by atoms with Crippen LogP contribution >= 0.6 is 11.6 Å². The van der Waals surface area contributed by atoms with Crippen LogP contribution in [0, 0.1) is 17.7 Å². The van der Waals surface area contributed by atoms with Crippen molar-refractivity contribution in [2.24, 2.45) is 11.8 Å². The molecule has 134 valence electrons. The third-order valence-corrected chi connectivity index (χ3v) is 4.86. The smallest absolute Gasteiger partial charge is 0.347 e. The minimum absolute atomic E-state index is 0.0699. The van der Waals surface area contributed by atoms with Crippen molar-refractivity contribution in [3.05, 3.63) is 34.6 Å². The summed E-state index contributed by atoms with van der Waals surface area (Å²) in [6.07, 6.45) is -3.58. The van der Waals surface area contributed by atoms with E-state index in [2.05, 4.69) is 5.32 Å². The van der Waals surface area contributed by atoms with Crippen LogP contribution in [0.2, 0.25) is 5.02 Å². The topological polar surface area (TPSA) is 29.1 Å². The zero-order chi connectivity index (χ0) is 18.1. The molecule has 2 nitrogen and oxygen atoms in total. The second kappa shape index (κ2) is 6.90. The van der Waals surface area contributed by atoms with Crippen LogP contribution in [-0.4, -0.2) is 12.1 Å². The van der Waals surface area contributed by atoms with Gasteiger partial charge < -0.3 is 5.32 Å². The third kappa shape index (κ3) is 4.41. The molecule has 0 bridgehead atoms. The zero-order valence-electron chi connectivity index (χ0n) is 13.5. The van der Waals surface area contributed by atoms with Crippen molar-refractivity contribution in [1.82, 2.24) is 5.32 Å². The number of benzene rings is 1. The van der Waals surface area contributed by atoms with Crippen molar-refractivity contribution in [2.75, 3.05) is 0 Å². The van der Waals surface area contributed by atoms with Crippen LogP contribution in [0.15, 0.2) is 18.2 Å². The standard InChI is InChI=1S/C17H20ClF4NO/c1-16(2,13-7-6-12(19)9-14(13)18)23-15(24)10-4-3-5-11(8-10)17(20,21)22/h6-7,9-11H,3-5,8H2,1-2H3,(H,23,24). The number of amides is 1. The third-order valence-electron chi connectivity index (χ3n) is 4.55. The van der Waals surface area contributed by atoms with Crippen LogP contribution in [0.4, 0.5) is 17.6 Å². The van der Waals surface area contributed by atoms with Gasteiger partial charge in [-0.1, -0.05) is 24.1 Å². The molecule has 1 aromatic carbocycles. The molecule has 1 N–H and O–H groups in total. The van der Waals surface area contributed by atoms with E-state index in [0.29, 0.717) is 18.4 Å². The van der Waals surface area contributed by atoms with E-state index in [1.807, 2.05) is 0 Å². The summed E-state index contributed by atoms with van der Waals surface area (Å²) in [5, 5.41) is 2.93. The number of hydrogen-bond acceptors (Lipinski definition) is 1. The molecule has 0 spiro atoms. The lowest BCUT2D eigenvalue weighted by Crippen LogP contribution is -2.46. The average Bonchev–Trinajstić information content (AvgIpc) is 2.45. The first-order valence-electron chi connectivity index (χ1n) is 7.85. The number of rotatable bonds is 3. The molecule has 0 aromatic heterocycles. The Labute approximate surface area is 143 Å². The van der Waals surface area contributed by atoms with Crippen molar-refractivity contribution in [3.63, 3.8) is 0 Å². The van der Waals surface area contributed by atoms with Gasteiger partial charge in [0.1, 0.15) is 5.82 Å². The fraction of sp³-hybridized carbons (Fsp3) is 0.588. The lowest BCUT2D eigenvalue weighted by Gasteiger charge is -2.34. The highest BCUT2D eigenvalue weighted by molar-refractivity contribution is 6.31. The summed E-state index contributed by atoms with van der Waals surface area (Å²) in [5.41, 5.74) is -0.394. The van der Waals surface area contributed by atoms with Gasteiger partial charge >= 0.3 is 6.18 Å². The highest BCUT2D eigenvalue weighted by Gasteiger charge is 2.44. The lowest BCUT2D eigenvalue weighted by atomic mass is 9.80. The molecular formula is C17H20ClF4NO. The highest BCUT2D eigenvalue weighted by atomic mass is 35.5. The van der Waals surface area contributed by atoms with Crippen LogP contribution in [0.25, 0.3) is 0 Å². The monoisotopic (exact) mass is 365 g/mol. The first-order valence-corrected chi connectivity index (χ1v) is 8.23. The quantitative estimate of drug-likeness (QED) is 0.733. The Morgan fingerprint density at radius 2 is 1.92 bits per heavy atom. The molecule has 1 amide bonds. The Morgan fingerprint density at radius 1 is 1.25 bits per heavy atom. The summed E-state index contributed by atoms with van der Waals surface area (Å²) in [6, 6.07) is 3.85. The molecule has 1 fully saturated rings. The first-order chi connectivity index (χ1) is 11.0. The fourth-order valence-electron chi connectivity index (χ4n) is 3.20. The maximum absolute atomic E-state index is 13.2. The minimum atomic E-state index is -4.27. The summed E-state index contributed by atoms with van der Waals surface area (Å²) in [7, 11) is 0. The number of carbonyl (C=O) groups is 1. The predicted molar refractivity (Wildman–Crippen MR) is 84.1 cm³/mol. The molecule has 24 heavy (non-hydrogen) atoms. The number of hydrogen-bond donors (Lipinski definition) is 1. The van der Waals surface area contributed by atoms with Crippen LogP contribution in [0.3, 0.4) is 0 Å². The molecule has 0 radical (unpaired) electrons. The zero-order valence-corrected chi connectivity index (χ0v) is 14.3. The van der Waals surface area contributed by atoms with Gasteiger partial charge in [0.05, 0.1) is 11.5 Å². The van der Waals surface area contributed by atoms with Gasteiger partial charge in [-0.2, -0.15) is 13.2 Å². The Hall–Kier alpha value is -1.30. The predicted octanol–water partition coefficient (Wildman–Crippen LogP) is 5.20. The van der Waals surface area contributed by atoms with Gasteiger partial charge in [0.15, 0.2) is 0 Å². The molecule has 7 heteroatoms. The first kappa shape index (κ1) is 19.0. The SMILES string of the molecule is CC(C)(NC(=O)C1CCCC(C(F)(F)F)C1)c1ccc(F)cc1Cl. The van der Waals surface area contributed by atoms with Crippen molar-refractivity contribution in [3.8, 4) is 0 Å². The molecule has 0 saturated heterocycles. The summed E-state index contributed by atoms with van der Waals surface area (Å²) < 4.78 is 51.8. The molecule has 2 atom stereocenters. The van der Waals surface area contributed by atoms with Crippen LogP contribution in [0.5, 0.6) is 0 Å². The molecule has 1 aliphatic carbocycles. The second-order valence-corrected chi connectivity index (χ2v) is 7.25. The number of halogens is 5. The largest absolute Gasteiger partial charge is 0.391 e. The normalized spacial score (nSPS) is 22.3. The number of nitrogens with one attached hydrogen (secondary N) is 1. The van der Waals surface area contributed by atoms with Gasteiger partial charge in [0.2, 0.25) is 5.91 Å². The Kier molecular flexibility index (Phi) is 5.47. The van der Waals surface area contributed by atoms with Crippen molar-refractivity contribution < 1.29 is 22.4 Å². The molecule has 2 rings (SSSR count). The van der Waals surface area contributed by atoms with E-state index < -0.39 is 35.3 Å². The van der Waals surface area contributed by atoms with Crippen LogP contribution < -0.4 is 5.32 Å². The minimum Gasteiger partial charge on any atom is -0.347 e. The van der Waals surface area contributed by atoms with Crippen LogP contribution in [-0.2, 0) is 10.3 Å². The van der Waals surface area contributed by atoms with Gasteiger partial charge in [0.25, 0.3) is 0 Å². The van der Waals surface area contributed by atoms with Gasteiger partial charge in [-0.15, -0.1) is 0 Å². The maximum Gasteiger partial charge on any atom is 0.391 e. The van der Waals surface area contributed by atoms with Crippen LogP contribution in [0.1, 0.15) is 45.1 Å². The summed E-state index contributed by atoms with van der Waals surface area (Å²) in [6.45, 7) is 3.38. The van der Waals surface area contributed by atoms with Gasteiger partial charge in [0, 0.05) is 10.9 Å². The molecule has 1 saturated carbocycles. The molecule has 0 aliphatic heterocycles. The van der Waals surface area contributed by atoms with E-state index in [-0.39, 0.29) is 17.9 Å². The lowest BCUT2D eigenvalue weighted by molar-refractivity contribution is -0.186. The van der Waals surface area contributed by atoms with E-state index in [1.165, 1.54) is 12.1 Å². The Balaban J connectivity index is 2.10. The van der Waals surface area contributed by atoms with Crippen molar-refractivity contribution in [1.29, 1.82) is 0 Å². The molecule has 1 aliphatic rings. The van der Waals surface area contributed by atoms with Gasteiger partial charge in [-0.3, -0.25) is 4.79 Å². The average molecular weight is 366 g/mol. The van der Waals surface area contributed by atoms with Gasteiger partial charge in [-0.05, 0) is 50.8 Å². The van der Waals surface area contributed by atoms with Crippen molar-refractivity contribution >= 4 is 17.5 Å². The van der Waals surface area contributed by atoms with Crippen molar-refractivity contribution in [2.45, 2.75) is 51.2 Å². The highest BCUT2D eigenvalue weighted by Crippen LogP contribution is 2.40. The summed E-state index contributed by atoms with van der Waals surface area (Å²) in [5.74, 6) is -3.02. The van der Waals surface area contributed by atoms with E-state index in [9.17, 15) is 22.4 Å². The maximum atomic E-state index is 13.2. The van der Waals surface area contributed by atoms with E-state index >= 15 is 0 Å². The van der Waals surface area contributed by atoms with E-state index in [1.54, 1.807) is 13.8 Å². The summed E-state index contributed by atoms with van der Waals surface area (Å²) in [4.78, 5) is 12.4. The van der Waals surface area contributed by atoms with Gasteiger partial charge in [-0.25, -0.2) is 4.39 Å². The fourth-order valence-corrected chi connectivity index (χ4v) is 3.60. The van der Waals surface area contributed by atoms with E-state index in [0.717, 1.165) is 6.07 Å². The molecule has 0 heterocycles. The van der Waals surface area contributed by atoms with E-state index in [4.69, 9.17) is 11.6 Å². The second-order valence-electron chi connectivity index (χ2n) is 6.84. The summed E-state index contributed by atoms with van der Waals surface area (Å²) >= 11 is 6.03. The number of carbonyl (C=O) groups excluding carboxylic acids is 1. The molecule has 1 aromatic rings.